The van der Waals surface area contributed by atoms with Gasteiger partial charge in [-0.3, -0.25) is 4.57 Å². The van der Waals surface area contributed by atoms with Gasteiger partial charge in [0.15, 0.2) is 0 Å². The van der Waals surface area contributed by atoms with Gasteiger partial charge in [0.2, 0.25) is 0 Å². The van der Waals surface area contributed by atoms with Crippen molar-refractivity contribution in [2.75, 3.05) is 13.2 Å². The third-order valence-corrected chi connectivity index (χ3v) is 5.53. The molecule has 0 aromatic rings. The molecule has 2 aliphatic heterocycles. The minimum atomic E-state index is -4.65. The van der Waals surface area contributed by atoms with E-state index in [9.17, 15) is 9.46 Å². The monoisotopic (exact) mass is 607 g/mol. The van der Waals surface area contributed by atoms with Gasteiger partial charge in [-0.15, -0.1) is 6.10 Å². The van der Waals surface area contributed by atoms with E-state index in [1.807, 2.05) is 34.6 Å². The number of ether oxygens (including phenoxy) is 4. The second kappa shape index (κ2) is 12.0. The minimum Gasteiger partial charge on any atom is -0.756 e. The molecule has 0 bridgehead atoms. The molecule has 0 saturated carbocycles. The molecule has 0 amide bonds. The molecule has 2 aliphatic rings. The Morgan fingerprint density at radius 2 is 1.90 bits per heavy atom. The van der Waals surface area contributed by atoms with Crippen molar-refractivity contribution in [1.29, 1.82) is 0 Å². The van der Waals surface area contributed by atoms with Gasteiger partial charge >= 0.3 is 0 Å². The summed E-state index contributed by atoms with van der Waals surface area (Å²) in [6, 6.07) is -0.612. The van der Waals surface area contributed by atoms with E-state index in [2.05, 4.69) is 0 Å². The predicted octanol–water partition coefficient (Wildman–Crippen LogP) is 1.53. The summed E-state index contributed by atoms with van der Waals surface area (Å²) in [5.74, 6) is 0. The van der Waals surface area contributed by atoms with Crippen LogP contribution < -0.4 is 10.6 Å². The molecule has 0 radical (unpaired) electrons. The van der Waals surface area contributed by atoms with Gasteiger partial charge < -0.3 is 38.6 Å². The fourth-order valence-corrected chi connectivity index (χ4v) is 4.16. The molecule has 0 aromatic carbocycles. The van der Waals surface area contributed by atoms with Crippen molar-refractivity contribution in [3.63, 3.8) is 0 Å². The van der Waals surface area contributed by atoms with Gasteiger partial charge in [0.25, 0.3) is 7.82 Å². The summed E-state index contributed by atoms with van der Waals surface area (Å²) in [5.41, 5.74) is 6.07. The van der Waals surface area contributed by atoms with Gasteiger partial charge in [0.05, 0.1) is 24.9 Å². The summed E-state index contributed by atoms with van der Waals surface area (Å²) < 4.78 is 45.4. The molecule has 7 atom stereocenters. The van der Waals surface area contributed by atoms with Gasteiger partial charge in [-0.2, -0.15) is 0 Å². The van der Waals surface area contributed by atoms with Gasteiger partial charge in [-0.1, -0.05) is 0 Å². The fourth-order valence-electron chi connectivity index (χ4n) is 3.24. The van der Waals surface area contributed by atoms with Crippen molar-refractivity contribution in [3.05, 3.63) is 6.10 Å². The Bertz CT molecular complexity index is 540. The second-order valence-corrected chi connectivity index (χ2v) is 9.30. The van der Waals surface area contributed by atoms with Crippen molar-refractivity contribution in [2.24, 2.45) is 5.73 Å². The maximum absolute atomic E-state index is 12.4. The topological polar surface area (TPSA) is 122 Å². The van der Waals surface area contributed by atoms with Gasteiger partial charge in [-0.25, -0.2) is 0 Å². The number of phosphoric acid groups is 1. The van der Waals surface area contributed by atoms with Gasteiger partial charge in [-0.05, 0) is 60.7 Å². The number of hydrogen-bond donors (Lipinski definition) is 1. The molecule has 0 aromatic heterocycles. The Morgan fingerprint density at radius 3 is 2.48 bits per heavy atom. The first-order chi connectivity index (χ1) is 13.0. The van der Waals surface area contributed by atoms with Crippen LogP contribution in [-0.2, 0) is 53.6 Å². The van der Waals surface area contributed by atoms with Crippen LogP contribution in [0.1, 0.15) is 48.0 Å². The molecule has 2 heterocycles. The summed E-state index contributed by atoms with van der Waals surface area (Å²) in [6.07, 6.45) is -1.15. The predicted molar refractivity (Wildman–Crippen MR) is 100 cm³/mol. The normalized spacial score (nSPS) is 35.2. The molecule has 29 heavy (non-hydrogen) atoms. The van der Waals surface area contributed by atoms with Gasteiger partial charge in [0.1, 0.15) is 12.2 Å². The second-order valence-electron chi connectivity index (χ2n) is 7.93. The van der Waals surface area contributed by atoms with E-state index in [0.717, 1.165) is 0 Å². The van der Waals surface area contributed by atoms with Crippen molar-refractivity contribution >= 4 is 7.82 Å². The van der Waals surface area contributed by atoms with Crippen LogP contribution in [-0.4, -0.2) is 62.0 Å². The molecular formula is C18H34NO8PW-2. The molecule has 2 fully saturated rings. The van der Waals surface area contributed by atoms with Crippen LogP contribution >= 0.6 is 7.82 Å². The number of hydrogen-bond acceptors (Lipinski definition) is 9. The largest absolute Gasteiger partial charge is 0.756 e. The number of nitrogens with two attached hydrogens (primary N) is 1. The van der Waals surface area contributed by atoms with E-state index in [-0.39, 0.29) is 64.8 Å². The molecule has 2 N–H and O–H groups in total. The van der Waals surface area contributed by atoms with Crippen molar-refractivity contribution < 1.29 is 58.5 Å². The fraction of sp³-hybridized carbons (Fsp3) is 0.944. The van der Waals surface area contributed by atoms with Crippen LogP contribution in [0.2, 0.25) is 0 Å². The standard InChI is InChI=1S/C18H35NO8P.W/c1-10(2)22-8-16-18(17(19)13(6)26-16)27-28(20,21)23-9-15-14(24-11(3)4)7-12(5)25-15;/h10-14,16-18H,7-9,19H2,1-6H3,(H,20,21);/q-1;/p-1/t12-,13-,14?,16+,17+,18?;/m0./s1. The first-order valence-corrected chi connectivity index (χ1v) is 11.3. The SMILES string of the molecule is CC(C)OC[C@H]1O[C@@H](C)[C@@H](N)C1OP(=O)([O-])OC[C-]1O[C@@H](C)CC1OC(C)C.[W]. The molecule has 0 spiro atoms. The smallest absolute Gasteiger partial charge is 0.265 e. The minimum absolute atomic E-state index is 0. The zero-order valence-corrected chi connectivity index (χ0v) is 21.8. The molecular weight excluding hydrogens is 573 g/mol. The van der Waals surface area contributed by atoms with E-state index in [0.29, 0.717) is 12.5 Å². The van der Waals surface area contributed by atoms with E-state index in [4.69, 9.17) is 33.7 Å². The third-order valence-electron chi connectivity index (χ3n) is 4.58. The number of rotatable bonds is 10. The van der Waals surface area contributed by atoms with E-state index in [1.165, 1.54) is 0 Å². The third kappa shape index (κ3) is 8.57. The molecule has 9 nitrogen and oxygen atoms in total. The Kier molecular flexibility index (Phi) is 11.4. The quantitative estimate of drug-likeness (QED) is 0.291. The Labute approximate surface area is 188 Å². The molecule has 2 rings (SSSR count). The summed E-state index contributed by atoms with van der Waals surface area (Å²) in [4.78, 5) is 12.4. The maximum Gasteiger partial charge on any atom is 0.265 e. The zero-order valence-electron chi connectivity index (χ0n) is 17.9. The Morgan fingerprint density at radius 1 is 1.24 bits per heavy atom. The molecule has 11 heteroatoms. The van der Waals surface area contributed by atoms with Crippen LogP contribution in [0.5, 0.6) is 0 Å². The Hall–Kier alpha value is 0.598. The molecule has 2 saturated heterocycles. The van der Waals surface area contributed by atoms with Crippen LogP contribution in [0.4, 0.5) is 0 Å². The summed E-state index contributed by atoms with van der Waals surface area (Å²) in [6.45, 7) is 11.2. The van der Waals surface area contributed by atoms with Crippen molar-refractivity contribution in [2.45, 2.75) is 96.7 Å². The Balaban J connectivity index is 0.00000420. The van der Waals surface area contributed by atoms with Gasteiger partial charge in [0, 0.05) is 33.3 Å². The first-order valence-electron chi connectivity index (χ1n) is 9.83. The summed E-state index contributed by atoms with van der Waals surface area (Å²) in [7, 11) is -4.65. The van der Waals surface area contributed by atoms with Crippen LogP contribution in [0.3, 0.4) is 0 Å². The van der Waals surface area contributed by atoms with Crippen molar-refractivity contribution in [3.8, 4) is 0 Å². The molecule has 172 valence electrons. The average Bonchev–Trinajstić information content (AvgIpc) is 3.04. The van der Waals surface area contributed by atoms with E-state index >= 15 is 0 Å². The van der Waals surface area contributed by atoms with E-state index < -0.39 is 26.1 Å². The van der Waals surface area contributed by atoms with Crippen LogP contribution in [0.15, 0.2) is 0 Å². The summed E-state index contributed by atoms with van der Waals surface area (Å²) in [5, 5.41) is 0. The average molecular weight is 607 g/mol. The van der Waals surface area contributed by atoms with E-state index in [1.54, 1.807) is 6.92 Å². The first kappa shape index (κ1) is 27.6. The maximum atomic E-state index is 12.4. The zero-order chi connectivity index (χ0) is 21.1. The van der Waals surface area contributed by atoms with Crippen molar-refractivity contribution in [1.82, 2.24) is 0 Å². The molecule has 3 unspecified atom stereocenters. The van der Waals surface area contributed by atoms with Crippen LogP contribution in [0.25, 0.3) is 0 Å². The number of phosphoric ester groups is 1. The van der Waals surface area contributed by atoms with Crippen LogP contribution in [0, 0.1) is 6.10 Å². The molecule has 0 aliphatic carbocycles. The summed E-state index contributed by atoms with van der Waals surface area (Å²) >= 11 is 0.